The van der Waals surface area contributed by atoms with Crippen LogP contribution in [0.3, 0.4) is 0 Å². The van der Waals surface area contributed by atoms with E-state index in [9.17, 15) is 14.7 Å². The SMILES string of the molecule is CC(=O)Oc1cc(C(C)(C)C)c(O[Si](C)(C)C)c(C(C)(C)C)c1CC(=O)O. The second-order valence-electron chi connectivity index (χ2n) is 9.98. The highest BCUT2D eigenvalue weighted by Gasteiger charge is 2.35. The number of carboxylic acids is 1. The highest BCUT2D eigenvalue weighted by atomic mass is 28.4. The third kappa shape index (κ3) is 6.38. The lowest BCUT2D eigenvalue weighted by Crippen LogP contribution is -2.33. The van der Waals surface area contributed by atoms with Crippen molar-refractivity contribution in [2.45, 2.75) is 85.4 Å². The first-order chi connectivity index (χ1) is 11.9. The van der Waals surface area contributed by atoms with E-state index < -0.39 is 25.7 Å². The lowest BCUT2D eigenvalue weighted by molar-refractivity contribution is -0.137. The van der Waals surface area contributed by atoms with E-state index >= 15 is 0 Å². The molecule has 1 aromatic rings. The summed E-state index contributed by atoms with van der Waals surface area (Å²) in [6.45, 7) is 19.9. The van der Waals surface area contributed by atoms with Crippen molar-refractivity contribution in [1.82, 2.24) is 0 Å². The van der Waals surface area contributed by atoms with Gasteiger partial charge in [0.15, 0.2) is 0 Å². The fourth-order valence-corrected chi connectivity index (χ4v) is 3.84. The summed E-state index contributed by atoms with van der Waals surface area (Å²) < 4.78 is 12.0. The molecule has 0 atom stereocenters. The van der Waals surface area contributed by atoms with E-state index in [0.717, 1.165) is 16.9 Å². The Kier molecular flexibility index (Phi) is 6.59. The number of aliphatic carboxylic acids is 1. The molecule has 0 aromatic heterocycles. The standard InChI is InChI=1S/C21H34O5Si/c1-13(22)25-16-12-15(20(2,3)4)19(26-27(8,9)10)18(21(5,6)7)14(16)11-17(23)24/h12H,11H2,1-10H3,(H,23,24). The van der Waals surface area contributed by atoms with Gasteiger partial charge in [0.1, 0.15) is 11.5 Å². The van der Waals surface area contributed by atoms with Crippen LogP contribution < -0.4 is 9.16 Å². The van der Waals surface area contributed by atoms with E-state index in [1.165, 1.54) is 6.92 Å². The minimum Gasteiger partial charge on any atom is -0.544 e. The molecule has 0 aliphatic heterocycles. The topological polar surface area (TPSA) is 72.8 Å². The molecule has 0 aliphatic carbocycles. The number of carbonyl (C=O) groups is 2. The predicted molar refractivity (Wildman–Crippen MR) is 110 cm³/mol. The van der Waals surface area contributed by atoms with E-state index in [1.807, 2.05) is 20.8 Å². The molecular formula is C21H34O5Si. The van der Waals surface area contributed by atoms with Crippen molar-refractivity contribution in [3.05, 3.63) is 22.8 Å². The minimum absolute atomic E-state index is 0.234. The summed E-state index contributed by atoms with van der Waals surface area (Å²) in [7, 11) is -1.99. The Morgan fingerprint density at radius 2 is 1.56 bits per heavy atom. The van der Waals surface area contributed by atoms with Gasteiger partial charge in [-0.3, -0.25) is 9.59 Å². The summed E-state index contributed by atoms with van der Waals surface area (Å²) >= 11 is 0. The summed E-state index contributed by atoms with van der Waals surface area (Å²) in [5.41, 5.74) is 1.56. The van der Waals surface area contributed by atoms with Gasteiger partial charge in [0, 0.05) is 23.6 Å². The van der Waals surface area contributed by atoms with Crippen molar-refractivity contribution in [2.75, 3.05) is 0 Å². The van der Waals surface area contributed by atoms with Crippen molar-refractivity contribution < 1.29 is 23.9 Å². The Morgan fingerprint density at radius 3 is 1.89 bits per heavy atom. The summed E-state index contributed by atoms with van der Waals surface area (Å²) in [6.07, 6.45) is -0.234. The molecule has 1 rings (SSSR count). The van der Waals surface area contributed by atoms with Crippen molar-refractivity contribution in [3.63, 3.8) is 0 Å². The first-order valence-corrected chi connectivity index (χ1v) is 12.6. The van der Waals surface area contributed by atoms with Crippen LogP contribution in [0.15, 0.2) is 6.07 Å². The first-order valence-electron chi connectivity index (χ1n) is 9.23. The highest BCUT2D eigenvalue weighted by Crippen LogP contribution is 2.46. The summed E-state index contributed by atoms with van der Waals surface area (Å²) in [4.78, 5) is 23.3. The zero-order chi connectivity index (χ0) is 21.4. The van der Waals surface area contributed by atoms with Crippen LogP contribution in [0.5, 0.6) is 11.5 Å². The molecule has 0 radical (unpaired) electrons. The highest BCUT2D eigenvalue weighted by molar-refractivity contribution is 6.70. The smallest absolute Gasteiger partial charge is 0.308 e. The van der Waals surface area contributed by atoms with Crippen molar-refractivity contribution in [3.8, 4) is 11.5 Å². The van der Waals surface area contributed by atoms with Crippen LogP contribution in [0, 0.1) is 0 Å². The van der Waals surface area contributed by atoms with Gasteiger partial charge in [-0.05, 0) is 36.5 Å². The maximum absolute atomic E-state index is 11.7. The Hall–Kier alpha value is -1.82. The number of benzene rings is 1. The molecule has 0 spiro atoms. The van der Waals surface area contributed by atoms with Gasteiger partial charge in [0.25, 0.3) is 0 Å². The number of esters is 1. The Bertz CT molecular complexity index is 731. The van der Waals surface area contributed by atoms with Crippen LogP contribution in [0.25, 0.3) is 0 Å². The molecule has 0 heterocycles. The van der Waals surface area contributed by atoms with Crippen LogP contribution >= 0.6 is 0 Å². The average molecular weight is 395 g/mol. The molecule has 1 N–H and O–H groups in total. The molecule has 0 saturated heterocycles. The number of rotatable bonds is 5. The molecule has 0 unspecified atom stereocenters. The fraction of sp³-hybridized carbons (Fsp3) is 0.619. The second-order valence-corrected chi connectivity index (χ2v) is 14.4. The molecule has 0 amide bonds. The van der Waals surface area contributed by atoms with Crippen LogP contribution in [0.2, 0.25) is 19.6 Å². The molecule has 0 bridgehead atoms. The quantitative estimate of drug-likeness (QED) is 0.430. The minimum atomic E-state index is -1.99. The lowest BCUT2D eigenvalue weighted by Gasteiger charge is -2.35. The number of carboxylic acid groups (broad SMARTS) is 1. The molecule has 6 heteroatoms. The molecule has 0 fully saturated rings. The number of hydrogen-bond acceptors (Lipinski definition) is 4. The largest absolute Gasteiger partial charge is 0.544 e. The Labute approximate surface area is 164 Å². The first kappa shape index (κ1) is 23.2. The van der Waals surface area contributed by atoms with E-state index in [1.54, 1.807) is 6.07 Å². The molecule has 0 aliphatic rings. The molecule has 5 nitrogen and oxygen atoms in total. The van der Waals surface area contributed by atoms with Gasteiger partial charge >= 0.3 is 11.9 Å². The van der Waals surface area contributed by atoms with Gasteiger partial charge < -0.3 is 14.3 Å². The second kappa shape index (κ2) is 7.66. The van der Waals surface area contributed by atoms with Crippen LogP contribution in [0.4, 0.5) is 0 Å². The van der Waals surface area contributed by atoms with Gasteiger partial charge in [0.05, 0.1) is 6.42 Å². The third-order valence-corrected chi connectivity index (χ3v) is 4.71. The lowest BCUT2D eigenvalue weighted by atomic mass is 9.76. The summed E-state index contributed by atoms with van der Waals surface area (Å²) in [5.74, 6) is -0.402. The maximum Gasteiger partial charge on any atom is 0.308 e. The summed E-state index contributed by atoms with van der Waals surface area (Å²) in [5, 5.41) is 9.50. The summed E-state index contributed by atoms with van der Waals surface area (Å²) in [6, 6.07) is 1.78. The maximum atomic E-state index is 11.7. The number of carbonyl (C=O) groups excluding carboxylic acids is 1. The van der Waals surface area contributed by atoms with Crippen molar-refractivity contribution >= 4 is 20.3 Å². The van der Waals surface area contributed by atoms with Gasteiger partial charge in [-0.15, -0.1) is 0 Å². The van der Waals surface area contributed by atoms with Gasteiger partial charge in [-0.25, -0.2) is 0 Å². The van der Waals surface area contributed by atoms with Gasteiger partial charge in [0.2, 0.25) is 8.32 Å². The van der Waals surface area contributed by atoms with E-state index in [2.05, 4.69) is 40.4 Å². The van der Waals surface area contributed by atoms with Crippen LogP contribution in [-0.4, -0.2) is 25.4 Å². The Morgan fingerprint density at radius 1 is 1.04 bits per heavy atom. The predicted octanol–water partition coefficient (Wildman–Crippen LogP) is 5.05. The van der Waals surface area contributed by atoms with Crippen molar-refractivity contribution in [1.29, 1.82) is 0 Å². The third-order valence-electron chi connectivity index (χ3n) is 3.89. The fourth-order valence-electron chi connectivity index (χ4n) is 3.01. The number of hydrogen-bond donors (Lipinski definition) is 1. The molecule has 1 aromatic carbocycles. The van der Waals surface area contributed by atoms with E-state index in [4.69, 9.17) is 9.16 Å². The zero-order valence-corrected chi connectivity index (χ0v) is 19.4. The van der Waals surface area contributed by atoms with E-state index in [-0.39, 0.29) is 11.8 Å². The normalized spacial score (nSPS) is 12.7. The molecule has 0 saturated carbocycles. The van der Waals surface area contributed by atoms with E-state index in [0.29, 0.717) is 11.3 Å². The van der Waals surface area contributed by atoms with Gasteiger partial charge in [-0.1, -0.05) is 41.5 Å². The number of ether oxygens (including phenoxy) is 1. The van der Waals surface area contributed by atoms with Gasteiger partial charge in [-0.2, -0.15) is 0 Å². The zero-order valence-electron chi connectivity index (χ0n) is 18.4. The van der Waals surface area contributed by atoms with Crippen LogP contribution in [-0.2, 0) is 26.8 Å². The molecule has 27 heavy (non-hydrogen) atoms. The molecular weight excluding hydrogens is 360 g/mol. The average Bonchev–Trinajstić information content (AvgIpc) is 2.35. The monoisotopic (exact) mass is 394 g/mol. The van der Waals surface area contributed by atoms with Crippen LogP contribution in [0.1, 0.15) is 65.2 Å². The molecule has 152 valence electrons. The Balaban J connectivity index is 4.06. The van der Waals surface area contributed by atoms with Crippen molar-refractivity contribution in [2.24, 2.45) is 0 Å².